The van der Waals surface area contributed by atoms with Crippen molar-refractivity contribution >= 4 is 28.0 Å². The number of hydrogen-bond acceptors (Lipinski definition) is 4. The van der Waals surface area contributed by atoms with Crippen LogP contribution in [0, 0.1) is 0 Å². The van der Waals surface area contributed by atoms with Crippen LogP contribution in [0.5, 0.6) is 0 Å². The Morgan fingerprint density at radius 3 is 1.45 bits per heavy atom. The third-order valence-electron chi connectivity index (χ3n) is 9.69. The van der Waals surface area contributed by atoms with E-state index in [1.54, 1.807) is 25.1 Å². The molecule has 6 rings (SSSR count). The van der Waals surface area contributed by atoms with Gasteiger partial charge in [0.25, 0.3) is 0 Å². The lowest BCUT2D eigenvalue weighted by Gasteiger charge is -2.26. The first-order valence-corrected chi connectivity index (χ1v) is 19.4. The number of alkyl halides is 12. The number of carbonyl (C=O) groups is 1. The third-order valence-corrected chi connectivity index (χ3v) is 10.2. The van der Waals surface area contributed by atoms with Gasteiger partial charge in [0.05, 0.1) is 54.3 Å². The highest BCUT2D eigenvalue weighted by Gasteiger charge is 2.38. The average molecular weight is 926 g/mol. The van der Waals surface area contributed by atoms with Crippen molar-refractivity contribution in [3.63, 3.8) is 0 Å². The number of ether oxygens (including phenoxy) is 3. The Bertz CT molecular complexity index is 2090. The molecule has 0 saturated carbocycles. The highest BCUT2D eigenvalue weighted by atomic mass is 79.9. The van der Waals surface area contributed by atoms with Gasteiger partial charge in [-0.1, -0.05) is 40.2 Å². The van der Waals surface area contributed by atoms with E-state index < -0.39 is 59.0 Å². The zero-order valence-electron chi connectivity index (χ0n) is 31.6. The summed E-state index contributed by atoms with van der Waals surface area (Å²) in [6, 6.07) is 14.1. The van der Waals surface area contributed by atoms with Crippen molar-refractivity contribution in [2.45, 2.75) is 95.6 Å². The Balaban J connectivity index is 0.000000232. The summed E-state index contributed by atoms with van der Waals surface area (Å²) in [5.74, 6) is -0.462. The summed E-state index contributed by atoms with van der Waals surface area (Å²) in [4.78, 5) is 11.5. The summed E-state index contributed by atoms with van der Waals surface area (Å²) in [5.41, 5.74) is -1.18. The van der Waals surface area contributed by atoms with Crippen LogP contribution < -0.4 is 0 Å². The zero-order valence-corrected chi connectivity index (χ0v) is 33.2. The number of fused-ring (bicyclic) bond motifs is 2. The molecule has 2 unspecified atom stereocenters. The monoisotopic (exact) mass is 924 g/mol. The van der Waals surface area contributed by atoms with Gasteiger partial charge in [-0.05, 0) is 139 Å². The molecular formula is C43H37BrF12O4. The number of aryl methyl sites for hydroxylation is 2. The number of halogens is 13. The molecule has 60 heavy (non-hydrogen) atoms. The summed E-state index contributed by atoms with van der Waals surface area (Å²) >= 11 is 3.39. The minimum Gasteiger partial charge on any atom is -0.463 e. The van der Waals surface area contributed by atoms with Gasteiger partial charge in [0.2, 0.25) is 0 Å². The predicted molar refractivity (Wildman–Crippen MR) is 200 cm³/mol. The first kappa shape index (κ1) is 46.7. The van der Waals surface area contributed by atoms with Crippen LogP contribution in [0.3, 0.4) is 0 Å². The average Bonchev–Trinajstić information content (AvgIpc) is 3.17. The van der Waals surface area contributed by atoms with Crippen molar-refractivity contribution in [3.8, 4) is 0 Å². The molecule has 0 N–H and O–H groups in total. The first-order chi connectivity index (χ1) is 28.0. The molecule has 0 heterocycles. The fourth-order valence-corrected chi connectivity index (χ4v) is 7.34. The summed E-state index contributed by atoms with van der Waals surface area (Å²) in [7, 11) is 0. The van der Waals surface area contributed by atoms with Crippen LogP contribution in [0.15, 0.2) is 83.3 Å². The lowest BCUT2D eigenvalue weighted by Crippen LogP contribution is -2.15. The number of rotatable bonds is 9. The Kier molecular flexibility index (Phi) is 14.9. The number of hydrogen-bond donors (Lipinski definition) is 0. The lowest BCUT2D eigenvalue weighted by atomic mass is 9.88. The van der Waals surface area contributed by atoms with Crippen LogP contribution in [-0.4, -0.2) is 12.6 Å². The fraction of sp³-hybridized carbons (Fsp3) is 0.372. The molecule has 2 aliphatic carbocycles. The highest BCUT2D eigenvalue weighted by molar-refractivity contribution is 9.10. The molecule has 17 heteroatoms. The molecule has 324 valence electrons. The second-order valence-corrected chi connectivity index (χ2v) is 15.0. The molecule has 0 amide bonds. The zero-order chi connectivity index (χ0) is 44.0. The largest absolute Gasteiger partial charge is 0.463 e. The Hall–Kier alpha value is -4.35. The van der Waals surface area contributed by atoms with Crippen molar-refractivity contribution in [3.05, 3.63) is 145 Å². The minimum atomic E-state index is -4.90. The smallest absolute Gasteiger partial charge is 0.416 e. The Morgan fingerprint density at radius 2 is 1.03 bits per heavy atom. The van der Waals surface area contributed by atoms with Gasteiger partial charge in [-0.15, -0.1) is 0 Å². The van der Waals surface area contributed by atoms with Gasteiger partial charge >= 0.3 is 30.7 Å². The van der Waals surface area contributed by atoms with Gasteiger partial charge in [-0.3, -0.25) is 0 Å². The highest BCUT2D eigenvalue weighted by Crippen LogP contribution is 2.40. The fourth-order valence-electron chi connectivity index (χ4n) is 6.93. The van der Waals surface area contributed by atoms with Gasteiger partial charge < -0.3 is 14.2 Å². The van der Waals surface area contributed by atoms with E-state index in [0.29, 0.717) is 37.1 Å². The molecule has 4 nitrogen and oxygen atoms in total. The summed E-state index contributed by atoms with van der Waals surface area (Å²) in [6.07, 6.45) is -13.0. The van der Waals surface area contributed by atoms with Crippen LogP contribution in [0.2, 0.25) is 0 Å². The van der Waals surface area contributed by atoms with Gasteiger partial charge in [0.1, 0.15) is 0 Å². The molecule has 0 saturated heterocycles. The SMILES string of the molecule is CCOC(=O)/C=C/c1ccc2c(c1)CCCC2OCc1cc(C(F)(F)F)cc(C(F)(F)F)c1.FC(F)(F)c1cc(COC2CCCc3cc(Br)ccc32)cc(C(F)(F)F)c1. The predicted octanol–water partition coefficient (Wildman–Crippen LogP) is 14.0. The maximum Gasteiger partial charge on any atom is 0.416 e. The van der Waals surface area contributed by atoms with Crippen molar-refractivity contribution < 1.29 is 71.7 Å². The normalized spacial score (nSPS) is 17.1. The van der Waals surface area contributed by atoms with E-state index in [2.05, 4.69) is 15.9 Å². The minimum absolute atomic E-state index is 0.102. The maximum atomic E-state index is 13.1. The number of benzene rings is 4. The summed E-state index contributed by atoms with van der Waals surface area (Å²) in [5, 5.41) is 0. The molecular weight excluding hydrogens is 888 g/mol. The standard InChI is InChI=1S/C24H22F6O3.C19H15BrF6O/c1-2-32-22(31)9-7-15-6-8-20-17(10-15)4-3-5-21(20)33-14-16-11-18(23(25,26)27)13-19(12-16)24(28,29)30;20-15-4-5-16-12(8-15)2-1-3-17(16)27-10-11-6-13(18(21,22)23)9-14(7-11)19(24,25)26/h6-13,21H,2-5,14H2,1H3;4-9,17H,1-3,10H2/b9-7+;. The van der Waals surface area contributed by atoms with E-state index in [-0.39, 0.29) is 49.2 Å². The van der Waals surface area contributed by atoms with Crippen LogP contribution >= 0.6 is 15.9 Å². The van der Waals surface area contributed by atoms with E-state index in [1.807, 2.05) is 24.3 Å². The van der Waals surface area contributed by atoms with Gasteiger partial charge in [-0.2, -0.15) is 52.7 Å². The van der Waals surface area contributed by atoms with Crippen LogP contribution in [0.25, 0.3) is 6.08 Å². The van der Waals surface area contributed by atoms with Crippen LogP contribution in [-0.2, 0) is 69.8 Å². The van der Waals surface area contributed by atoms with Crippen LogP contribution in [0.1, 0.15) is 106 Å². The molecule has 2 atom stereocenters. The molecule has 2 aliphatic rings. The maximum absolute atomic E-state index is 13.1. The lowest BCUT2D eigenvalue weighted by molar-refractivity contribution is -0.144. The Labute approximate surface area is 345 Å². The molecule has 0 fully saturated rings. The quantitative estimate of drug-likeness (QED) is 0.0953. The summed E-state index contributed by atoms with van der Waals surface area (Å²) < 4.78 is 173. The molecule has 0 aliphatic heterocycles. The number of carbonyl (C=O) groups excluding carboxylic acids is 1. The first-order valence-electron chi connectivity index (χ1n) is 18.6. The third kappa shape index (κ3) is 12.8. The van der Waals surface area contributed by atoms with E-state index in [9.17, 15) is 57.5 Å². The Morgan fingerprint density at radius 1 is 0.617 bits per heavy atom. The van der Waals surface area contributed by atoms with Crippen molar-refractivity contribution in [2.75, 3.05) is 6.61 Å². The van der Waals surface area contributed by atoms with E-state index in [1.165, 1.54) is 6.08 Å². The van der Waals surface area contributed by atoms with E-state index in [0.717, 1.165) is 58.0 Å². The summed E-state index contributed by atoms with van der Waals surface area (Å²) in [6.45, 7) is 1.26. The number of esters is 1. The van der Waals surface area contributed by atoms with Gasteiger partial charge in [-0.25, -0.2) is 4.79 Å². The van der Waals surface area contributed by atoms with Crippen molar-refractivity contribution in [1.29, 1.82) is 0 Å². The van der Waals surface area contributed by atoms with E-state index in [4.69, 9.17) is 14.2 Å². The molecule has 0 radical (unpaired) electrons. The van der Waals surface area contributed by atoms with Gasteiger partial charge in [0.15, 0.2) is 0 Å². The molecule has 4 aromatic rings. The van der Waals surface area contributed by atoms with Gasteiger partial charge in [0, 0.05) is 10.5 Å². The second-order valence-electron chi connectivity index (χ2n) is 14.1. The van der Waals surface area contributed by atoms with Crippen LogP contribution in [0.4, 0.5) is 52.7 Å². The molecule has 4 aromatic carbocycles. The molecule has 0 aromatic heterocycles. The molecule has 0 spiro atoms. The molecule has 0 bridgehead atoms. The van der Waals surface area contributed by atoms with Crippen molar-refractivity contribution in [1.82, 2.24) is 0 Å². The van der Waals surface area contributed by atoms with E-state index >= 15 is 0 Å². The topological polar surface area (TPSA) is 44.8 Å². The second kappa shape index (κ2) is 19.1. The van der Waals surface area contributed by atoms with Crippen molar-refractivity contribution in [2.24, 2.45) is 0 Å².